The predicted octanol–water partition coefficient (Wildman–Crippen LogP) is 2.56. The second-order valence-electron chi connectivity index (χ2n) is 6.53. The van der Waals surface area contributed by atoms with Gasteiger partial charge in [0.05, 0.1) is 23.5 Å². The van der Waals surface area contributed by atoms with Crippen molar-refractivity contribution < 1.29 is 4.79 Å². The fourth-order valence-corrected chi connectivity index (χ4v) is 4.54. The molecule has 2 saturated heterocycles. The second-order valence-corrected chi connectivity index (χ2v) is 7.31. The van der Waals surface area contributed by atoms with Crippen LogP contribution in [-0.2, 0) is 11.3 Å². The third kappa shape index (κ3) is 2.77. The van der Waals surface area contributed by atoms with E-state index in [2.05, 4.69) is 31.7 Å². The molecule has 120 valence electrons. The van der Waals surface area contributed by atoms with Crippen molar-refractivity contribution in [1.29, 1.82) is 0 Å². The SMILES string of the molecule is O=C1N(c2cncnc2)CCC12CCCN(Cc1ccsc1)C2. The molecular formula is C17H20N4OS. The standard InChI is InChI=1S/C17H20N4OS/c22-16-17(4-6-21(16)15-8-18-13-19-9-15)3-1-5-20(12-17)10-14-2-7-23-11-14/h2,7-9,11,13H,1,3-6,10,12H2. The molecule has 0 N–H and O–H groups in total. The zero-order valence-electron chi connectivity index (χ0n) is 13.0. The van der Waals surface area contributed by atoms with Crippen LogP contribution in [0.3, 0.4) is 0 Å². The maximum absolute atomic E-state index is 13.1. The smallest absolute Gasteiger partial charge is 0.234 e. The van der Waals surface area contributed by atoms with E-state index >= 15 is 0 Å². The average Bonchev–Trinajstić information content (AvgIpc) is 3.19. The molecule has 0 aliphatic carbocycles. The van der Waals surface area contributed by atoms with Gasteiger partial charge in [0.15, 0.2) is 0 Å². The van der Waals surface area contributed by atoms with Crippen LogP contribution in [0, 0.1) is 5.41 Å². The Hall–Kier alpha value is -1.79. The molecule has 4 heterocycles. The number of likely N-dealkylation sites (tertiary alicyclic amines) is 1. The quantitative estimate of drug-likeness (QED) is 0.869. The molecule has 0 radical (unpaired) electrons. The monoisotopic (exact) mass is 328 g/mol. The summed E-state index contributed by atoms with van der Waals surface area (Å²) in [6.07, 6.45) is 7.99. The van der Waals surface area contributed by atoms with Crippen molar-refractivity contribution in [2.24, 2.45) is 5.41 Å². The number of carbonyl (C=O) groups excluding carboxylic acids is 1. The van der Waals surface area contributed by atoms with Crippen molar-refractivity contribution in [3.05, 3.63) is 41.1 Å². The Balaban J connectivity index is 1.51. The van der Waals surface area contributed by atoms with Gasteiger partial charge in [-0.05, 0) is 48.2 Å². The van der Waals surface area contributed by atoms with E-state index in [1.807, 2.05) is 4.90 Å². The van der Waals surface area contributed by atoms with Gasteiger partial charge in [-0.15, -0.1) is 0 Å². The lowest BCUT2D eigenvalue weighted by Gasteiger charge is -2.39. The molecule has 1 atom stereocenters. The summed E-state index contributed by atoms with van der Waals surface area (Å²) in [6.45, 7) is 3.68. The molecule has 4 rings (SSSR count). The Morgan fingerprint density at radius 1 is 1.22 bits per heavy atom. The molecule has 2 aliphatic rings. The van der Waals surface area contributed by atoms with Gasteiger partial charge in [-0.1, -0.05) is 0 Å². The molecule has 0 bridgehead atoms. The van der Waals surface area contributed by atoms with Crippen LogP contribution in [0.1, 0.15) is 24.8 Å². The Morgan fingerprint density at radius 3 is 2.87 bits per heavy atom. The number of rotatable bonds is 3. The highest BCUT2D eigenvalue weighted by molar-refractivity contribution is 7.07. The number of piperidine rings is 1. The topological polar surface area (TPSA) is 49.3 Å². The van der Waals surface area contributed by atoms with Gasteiger partial charge in [0.1, 0.15) is 6.33 Å². The summed E-state index contributed by atoms with van der Waals surface area (Å²) in [7, 11) is 0. The van der Waals surface area contributed by atoms with Crippen molar-refractivity contribution in [3.8, 4) is 0 Å². The molecule has 2 aromatic heterocycles. The molecule has 1 amide bonds. The molecular weight excluding hydrogens is 308 g/mol. The summed E-state index contributed by atoms with van der Waals surface area (Å²) in [5.74, 6) is 0.252. The molecule has 2 aliphatic heterocycles. The highest BCUT2D eigenvalue weighted by Gasteiger charge is 2.49. The fourth-order valence-electron chi connectivity index (χ4n) is 3.88. The summed E-state index contributed by atoms with van der Waals surface area (Å²) in [5, 5.41) is 4.32. The zero-order valence-corrected chi connectivity index (χ0v) is 13.8. The average molecular weight is 328 g/mol. The van der Waals surface area contributed by atoms with E-state index in [-0.39, 0.29) is 11.3 Å². The van der Waals surface area contributed by atoms with Crippen molar-refractivity contribution in [2.75, 3.05) is 24.5 Å². The summed E-state index contributed by atoms with van der Waals surface area (Å²) in [4.78, 5) is 25.5. The van der Waals surface area contributed by atoms with E-state index < -0.39 is 0 Å². The minimum absolute atomic E-state index is 0.218. The van der Waals surface area contributed by atoms with Gasteiger partial charge in [-0.3, -0.25) is 9.69 Å². The number of anilines is 1. The van der Waals surface area contributed by atoms with Gasteiger partial charge in [-0.25, -0.2) is 9.97 Å². The summed E-state index contributed by atoms with van der Waals surface area (Å²) in [6, 6.07) is 2.18. The van der Waals surface area contributed by atoms with E-state index in [1.165, 1.54) is 11.9 Å². The highest BCUT2D eigenvalue weighted by atomic mass is 32.1. The molecule has 1 unspecified atom stereocenters. The van der Waals surface area contributed by atoms with E-state index in [1.54, 1.807) is 23.7 Å². The lowest BCUT2D eigenvalue weighted by atomic mass is 9.78. The van der Waals surface area contributed by atoms with Crippen molar-refractivity contribution in [1.82, 2.24) is 14.9 Å². The molecule has 2 aromatic rings. The normalized spacial score (nSPS) is 25.4. The zero-order chi connectivity index (χ0) is 15.7. The number of amides is 1. The van der Waals surface area contributed by atoms with E-state index in [9.17, 15) is 4.79 Å². The van der Waals surface area contributed by atoms with Crippen LogP contribution in [0.2, 0.25) is 0 Å². The number of hydrogen-bond acceptors (Lipinski definition) is 5. The maximum Gasteiger partial charge on any atom is 0.234 e. The van der Waals surface area contributed by atoms with Gasteiger partial charge in [0.2, 0.25) is 5.91 Å². The summed E-state index contributed by atoms with van der Waals surface area (Å²) >= 11 is 1.73. The molecule has 5 nitrogen and oxygen atoms in total. The first-order valence-corrected chi connectivity index (χ1v) is 9.02. The van der Waals surface area contributed by atoms with Gasteiger partial charge in [-0.2, -0.15) is 11.3 Å². The first kappa shape index (κ1) is 14.8. The van der Waals surface area contributed by atoms with Crippen LogP contribution < -0.4 is 4.90 Å². The lowest BCUT2D eigenvalue weighted by molar-refractivity contribution is -0.128. The summed E-state index contributed by atoms with van der Waals surface area (Å²) in [5.41, 5.74) is 1.96. The van der Waals surface area contributed by atoms with Crippen LogP contribution in [0.5, 0.6) is 0 Å². The van der Waals surface area contributed by atoms with Crippen molar-refractivity contribution in [3.63, 3.8) is 0 Å². The van der Waals surface area contributed by atoms with Crippen molar-refractivity contribution in [2.45, 2.75) is 25.8 Å². The Kier molecular flexibility index (Phi) is 3.87. The van der Waals surface area contributed by atoms with Crippen LogP contribution in [0.25, 0.3) is 0 Å². The first-order valence-electron chi connectivity index (χ1n) is 8.07. The highest BCUT2D eigenvalue weighted by Crippen LogP contribution is 2.41. The van der Waals surface area contributed by atoms with Crippen LogP contribution in [-0.4, -0.2) is 40.4 Å². The molecule has 0 saturated carbocycles. The maximum atomic E-state index is 13.1. The number of nitrogens with zero attached hydrogens (tertiary/aromatic N) is 4. The molecule has 0 aromatic carbocycles. The predicted molar refractivity (Wildman–Crippen MR) is 90.3 cm³/mol. The Labute approximate surface area is 140 Å². The number of aromatic nitrogens is 2. The van der Waals surface area contributed by atoms with Crippen molar-refractivity contribution >= 4 is 22.9 Å². The van der Waals surface area contributed by atoms with Gasteiger partial charge in [0.25, 0.3) is 0 Å². The lowest BCUT2D eigenvalue weighted by Crippen LogP contribution is -2.47. The second kappa shape index (κ2) is 6.02. The van der Waals surface area contributed by atoms with Crippen LogP contribution >= 0.6 is 11.3 Å². The number of carbonyl (C=O) groups is 1. The largest absolute Gasteiger partial charge is 0.309 e. The minimum Gasteiger partial charge on any atom is -0.309 e. The van der Waals surface area contributed by atoms with Gasteiger partial charge < -0.3 is 4.90 Å². The summed E-state index contributed by atoms with van der Waals surface area (Å²) < 4.78 is 0. The fraction of sp³-hybridized carbons (Fsp3) is 0.471. The Bertz CT molecular complexity index is 675. The van der Waals surface area contributed by atoms with E-state index in [0.29, 0.717) is 0 Å². The number of thiophene rings is 1. The minimum atomic E-state index is -0.218. The Morgan fingerprint density at radius 2 is 2.09 bits per heavy atom. The third-order valence-corrected chi connectivity index (χ3v) is 5.75. The number of hydrogen-bond donors (Lipinski definition) is 0. The van der Waals surface area contributed by atoms with Gasteiger partial charge >= 0.3 is 0 Å². The first-order chi connectivity index (χ1) is 11.3. The molecule has 6 heteroatoms. The van der Waals surface area contributed by atoms with E-state index in [0.717, 1.165) is 51.1 Å². The van der Waals surface area contributed by atoms with E-state index in [4.69, 9.17) is 0 Å². The molecule has 23 heavy (non-hydrogen) atoms. The van der Waals surface area contributed by atoms with Crippen LogP contribution in [0.4, 0.5) is 5.69 Å². The van der Waals surface area contributed by atoms with Gasteiger partial charge in [0, 0.05) is 19.6 Å². The third-order valence-electron chi connectivity index (χ3n) is 5.01. The van der Waals surface area contributed by atoms with Crippen LogP contribution in [0.15, 0.2) is 35.5 Å². The molecule has 1 spiro atoms. The molecule has 2 fully saturated rings.